The molecule has 2 unspecified atom stereocenters. The molecule has 0 N–H and O–H groups in total. The summed E-state index contributed by atoms with van der Waals surface area (Å²) in [4.78, 5) is 2.56. The second kappa shape index (κ2) is 5.52. The van der Waals surface area contributed by atoms with E-state index in [-0.39, 0.29) is 0 Å². The molecule has 2 aliphatic rings. The van der Waals surface area contributed by atoms with Crippen LogP contribution in [-0.4, -0.2) is 29.7 Å². The Hall–Kier alpha value is -1.97. The molecule has 0 amide bonds. The van der Waals surface area contributed by atoms with Gasteiger partial charge in [-0.05, 0) is 67.9 Å². The highest BCUT2D eigenvalue weighted by Crippen LogP contribution is 2.48. The highest BCUT2D eigenvalue weighted by Gasteiger charge is 2.40. The quantitative estimate of drug-likeness (QED) is 0.647. The smallest absolute Gasteiger partial charge is 0.119 e. The Labute approximate surface area is 152 Å². The lowest BCUT2D eigenvalue weighted by molar-refractivity contribution is 0.223. The molecule has 2 bridgehead atoms. The van der Waals surface area contributed by atoms with E-state index in [2.05, 4.69) is 40.8 Å². The summed E-state index contributed by atoms with van der Waals surface area (Å²) in [7, 11) is 3.98. The summed E-state index contributed by atoms with van der Waals surface area (Å²) in [6.07, 6.45) is 3.61. The predicted octanol–water partition coefficient (Wildman–Crippen LogP) is 4.98. The third kappa shape index (κ3) is 2.16. The number of ether oxygens (including phenoxy) is 1. The number of halogens is 1. The van der Waals surface area contributed by atoms with Crippen LogP contribution in [0.3, 0.4) is 0 Å². The minimum Gasteiger partial charge on any atom is -0.497 e. The molecular weight excluding hydrogens is 332 g/mol. The zero-order chi connectivity index (χ0) is 17.1. The maximum atomic E-state index is 6.35. The van der Waals surface area contributed by atoms with Crippen LogP contribution in [0.4, 0.5) is 0 Å². The van der Waals surface area contributed by atoms with E-state index < -0.39 is 0 Å². The molecule has 3 heterocycles. The molecular formula is C21H21ClN2O. The number of aromatic nitrogens is 1. The molecule has 1 saturated heterocycles. The minimum atomic E-state index is 0.509. The molecule has 25 heavy (non-hydrogen) atoms. The van der Waals surface area contributed by atoms with Gasteiger partial charge in [0, 0.05) is 40.3 Å². The van der Waals surface area contributed by atoms with Crippen molar-refractivity contribution < 1.29 is 4.74 Å². The molecule has 2 aliphatic heterocycles. The molecule has 0 radical (unpaired) electrons. The third-order valence-electron chi connectivity index (χ3n) is 6.00. The predicted molar refractivity (Wildman–Crippen MR) is 102 cm³/mol. The molecule has 1 fully saturated rings. The summed E-state index contributed by atoms with van der Waals surface area (Å²) >= 11 is 6.35. The number of rotatable bonds is 2. The fourth-order valence-corrected chi connectivity index (χ4v) is 4.94. The van der Waals surface area contributed by atoms with E-state index in [0.29, 0.717) is 12.1 Å². The van der Waals surface area contributed by atoms with Gasteiger partial charge in [0.2, 0.25) is 0 Å². The van der Waals surface area contributed by atoms with Crippen molar-refractivity contribution in [2.45, 2.75) is 31.3 Å². The van der Waals surface area contributed by atoms with E-state index in [9.17, 15) is 0 Å². The number of hydrogen-bond donors (Lipinski definition) is 0. The number of benzene rings is 2. The Balaban J connectivity index is 1.80. The van der Waals surface area contributed by atoms with Crippen LogP contribution in [0.15, 0.2) is 42.5 Å². The molecule has 3 aromatic rings. The van der Waals surface area contributed by atoms with Crippen molar-refractivity contribution in [2.24, 2.45) is 0 Å². The zero-order valence-corrected chi connectivity index (χ0v) is 15.3. The van der Waals surface area contributed by atoms with Crippen LogP contribution >= 0.6 is 11.6 Å². The van der Waals surface area contributed by atoms with E-state index in [1.807, 2.05) is 18.2 Å². The molecule has 0 spiro atoms. The molecule has 2 atom stereocenters. The van der Waals surface area contributed by atoms with Gasteiger partial charge < -0.3 is 9.30 Å². The van der Waals surface area contributed by atoms with Gasteiger partial charge in [0.15, 0.2) is 0 Å². The van der Waals surface area contributed by atoms with Crippen molar-refractivity contribution >= 4 is 22.5 Å². The van der Waals surface area contributed by atoms with Gasteiger partial charge in [-0.25, -0.2) is 0 Å². The van der Waals surface area contributed by atoms with Crippen LogP contribution in [0.1, 0.15) is 30.1 Å². The average molecular weight is 353 g/mol. The first kappa shape index (κ1) is 15.3. The fourth-order valence-electron chi connectivity index (χ4n) is 4.77. The Morgan fingerprint density at radius 2 is 1.88 bits per heavy atom. The highest BCUT2D eigenvalue weighted by atomic mass is 35.5. The van der Waals surface area contributed by atoms with Gasteiger partial charge in [0.05, 0.1) is 12.6 Å². The zero-order valence-electron chi connectivity index (χ0n) is 14.5. The SMILES string of the molecule is COc1ccc(-n2c3c(c4cc(Cl)ccc42)C2CCC(C3)N2C)cc1. The van der Waals surface area contributed by atoms with Crippen molar-refractivity contribution in [1.29, 1.82) is 0 Å². The van der Waals surface area contributed by atoms with Gasteiger partial charge in [0.1, 0.15) is 5.75 Å². The highest BCUT2D eigenvalue weighted by molar-refractivity contribution is 6.31. The van der Waals surface area contributed by atoms with Crippen LogP contribution in [0.5, 0.6) is 5.75 Å². The lowest BCUT2D eigenvalue weighted by atomic mass is 9.97. The van der Waals surface area contributed by atoms with Crippen molar-refractivity contribution in [1.82, 2.24) is 9.47 Å². The van der Waals surface area contributed by atoms with Crippen molar-refractivity contribution in [3.8, 4) is 11.4 Å². The van der Waals surface area contributed by atoms with Gasteiger partial charge in [-0.15, -0.1) is 0 Å². The first-order valence-electron chi connectivity index (χ1n) is 8.86. The summed E-state index contributed by atoms with van der Waals surface area (Å²) in [6, 6.07) is 15.8. The Morgan fingerprint density at radius 3 is 2.64 bits per heavy atom. The lowest BCUT2D eigenvalue weighted by Crippen LogP contribution is -2.34. The summed E-state index contributed by atoms with van der Waals surface area (Å²) in [5, 5.41) is 2.11. The molecule has 3 nitrogen and oxygen atoms in total. The largest absolute Gasteiger partial charge is 0.497 e. The number of nitrogens with zero attached hydrogens (tertiary/aromatic N) is 2. The third-order valence-corrected chi connectivity index (χ3v) is 6.24. The normalized spacial score (nSPS) is 22.4. The number of methoxy groups -OCH3 is 1. The van der Waals surface area contributed by atoms with Crippen molar-refractivity contribution in [3.63, 3.8) is 0 Å². The Bertz CT molecular complexity index is 960. The maximum Gasteiger partial charge on any atom is 0.119 e. The van der Waals surface area contributed by atoms with Crippen LogP contribution in [-0.2, 0) is 6.42 Å². The van der Waals surface area contributed by atoms with Crippen LogP contribution in [0.25, 0.3) is 16.6 Å². The summed E-state index contributed by atoms with van der Waals surface area (Å²) in [6.45, 7) is 0. The number of likely N-dealkylation sites (N-methyl/N-ethyl adjacent to an activating group) is 1. The summed E-state index contributed by atoms with van der Waals surface area (Å²) in [5.41, 5.74) is 5.37. The maximum absolute atomic E-state index is 6.35. The van der Waals surface area contributed by atoms with E-state index >= 15 is 0 Å². The summed E-state index contributed by atoms with van der Waals surface area (Å²) in [5.74, 6) is 0.886. The van der Waals surface area contributed by atoms with E-state index in [1.165, 1.54) is 40.7 Å². The van der Waals surface area contributed by atoms with Crippen molar-refractivity contribution in [3.05, 3.63) is 58.7 Å². The minimum absolute atomic E-state index is 0.509. The molecule has 0 saturated carbocycles. The molecule has 128 valence electrons. The van der Waals surface area contributed by atoms with Gasteiger partial charge >= 0.3 is 0 Å². The first-order valence-corrected chi connectivity index (χ1v) is 9.24. The van der Waals surface area contributed by atoms with Crippen LogP contribution in [0.2, 0.25) is 5.02 Å². The molecule has 1 aromatic heterocycles. The van der Waals surface area contributed by atoms with E-state index in [1.54, 1.807) is 7.11 Å². The fraction of sp³-hybridized carbons (Fsp3) is 0.333. The topological polar surface area (TPSA) is 17.4 Å². The lowest BCUT2D eigenvalue weighted by Gasteiger charge is -2.32. The van der Waals surface area contributed by atoms with Crippen molar-refractivity contribution in [2.75, 3.05) is 14.2 Å². The first-order chi connectivity index (χ1) is 12.2. The second-order valence-corrected chi connectivity index (χ2v) is 7.61. The monoisotopic (exact) mass is 352 g/mol. The van der Waals surface area contributed by atoms with E-state index in [0.717, 1.165) is 17.2 Å². The van der Waals surface area contributed by atoms with Gasteiger partial charge in [-0.3, -0.25) is 4.90 Å². The summed E-state index contributed by atoms with van der Waals surface area (Å²) < 4.78 is 7.76. The second-order valence-electron chi connectivity index (χ2n) is 7.17. The Morgan fingerprint density at radius 1 is 1.08 bits per heavy atom. The van der Waals surface area contributed by atoms with E-state index in [4.69, 9.17) is 16.3 Å². The standard InChI is InChI=1S/C21H21ClN2O/c1-23-15-6-10-19(23)21-17-11-13(22)3-9-18(17)24(20(21)12-15)14-4-7-16(25-2)8-5-14/h3-5,7-9,11,15,19H,6,10,12H2,1-2H3. The molecule has 2 aromatic carbocycles. The molecule has 5 rings (SSSR count). The number of hydrogen-bond acceptors (Lipinski definition) is 2. The van der Waals surface area contributed by atoms with Crippen LogP contribution in [0, 0.1) is 0 Å². The van der Waals surface area contributed by atoms with Gasteiger partial charge in [0.25, 0.3) is 0 Å². The van der Waals surface area contributed by atoms with Crippen LogP contribution < -0.4 is 4.74 Å². The Kier molecular flexibility index (Phi) is 3.37. The average Bonchev–Trinajstić information content (AvgIpc) is 3.05. The number of fused-ring (bicyclic) bond motifs is 6. The van der Waals surface area contributed by atoms with Gasteiger partial charge in [-0.2, -0.15) is 0 Å². The molecule has 4 heteroatoms. The van der Waals surface area contributed by atoms with Gasteiger partial charge in [-0.1, -0.05) is 11.6 Å². The molecule has 0 aliphatic carbocycles.